The van der Waals surface area contributed by atoms with Crippen molar-refractivity contribution in [3.63, 3.8) is 0 Å². The Morgan fingerprint density at radius 1 is 1.39 bits per heavy atom. The van der Waals surface area contributed by atoms with Gasteiger partial charge in [-0.3, -0.25) is 9.69 Å². The van der Waals surface area contributed by atoms with Gasteiger partial charge in [0.15, 0.2) is 0 Å². The van der Waals surface area contributed by atoms with Crippen molar-refractivity contribution < 1.29 is 9.53 Å². The molecule has 2 atom stereocenters. The third kappa shape index (κ3) is 5.53. The normalized spacial score (nSPS) is 19.4. The van der Waals surface area contributed by atoms with Gasteiger partial charge in [0.1, 0.15) is 11.1 Å². The largest absolute Gasteiger partial charge is 0.375 e. The lowest BCUT2D eigenvalue weighted by Gasteiger charge is -2.22. The fourth-order valence-corrected chi connectivity index (χ4v) is 3.54. The van der Waals surface area contributed by atoms with Gasteiger partial charge in [-0.05, 0) is 20.3 Å². The van der Waals surface area contributed by atoms with E-state index < -0.39 is 0 Å². The Hall–Kier alpha value is -1.02. The van der Waals surface area contributed by atoms with E-state index >= 15 is 0 Å². The number of nitrogens with two attached hydrogens (primary N) is 1. The number of thiazole rings is 1. The second-order valence-electron chi connectivity index (χ2n) is 6.25. The summed E-state index contributed by atoms with van der Waals surface area (Å²) in [4.78, 5) is 21.1. The van der Waals surface area contributed by atoms with Gasteiger partial charge in [-0.2, -0.15) is 0 Å². The summed E-state index contributed by atoms with van der Waals surface area (Å²) in [5.41, 5.74) is 6.82. The fraction of sp³-hybridized carbons (Fsp3) is 0.750. The molecule has 1 saturated heterocycles. The number of aromatic nitrogens is 1. The number of nitrogens with zero attached hydrogens (tertiary/aromatic N) is 3. The van der Waals surface area contributed by atoms with Crippen molar-refractivity contribution in [3.05, 3.63) is 16.1 Å². The fourth-order valence-electron chi connectivity index (χ4n) is 2.69. The number of amides is 1. The summed E-state index contributed by atoms with van der Waals surface area (Å²) >= 11 is 1.65. The Morgan fingerprint density at radius 2 is 2.17 bits per heavy atom. The van der Waals surface area contributed by atoms with Crippen molar-refractivity contribution in [1.82, 2.24) is 14.8 Å². The average molecular weight is 340 g/mol. The predicted molar refractivity (Wildman–Crippen MR) is 92.3 cm³/mol. The van der Waals surface area contributed by atoms with E-state index in [1.54, 1.807) is 18.4 Å². The van der Waals surface area contributed by atoms with Crippen LogP contribution in [0.4, 0.5) is 0 Å². The number of carbonyl (C=O) groups is 1. The van der Waals surface area contributed by atoms with Gasteiger partial charge in [0.05, 0.1) is 5.69 Å². The minimum absolute atomic E-state index is 0.0456. The molecule has 2 heterocycles. The molecule has 1 fully saturated rings. The topological polar surface area (TPSA) is 71.7 Å². The minimum Gasteiger partial charge on any atom is -0.375 e. The lowest BCUT2D eigenvalue weighted by Crippen LogP contribution is -2.37. The summed E-state index contributed by atoms with van der Waals surface area (Å²) in [6, 6.07) is -0.0712. The number of hydrogen-bond acceptors (Lipinski definition) is 6. The van der Waals surface area contributed by atoms with E-state index in [4.69, 9.17) is 10.5 Å². The van der Waals surface area contributed by atoms with Crippen LogP contribution in [0.3, 0.4) is 0 Å². The molecule has 6 nitrogen and oxygen atoms in total. The van der Waals surface area contributed by atoms with Crippen LogP contribution in [0, 0.1) is 0 Å². The molecular weight excluding hydrogens is 312 g/mol. The third-order valence-corrected chi connectivity index (χ3v) is 5.15. The summed E-state index contributed by atoms with van der Waals surface area (Å²) in [7, 11) is 1.70. The zero-order valence-electron chi connectivity index (χ0n) is 14.3. The summed E-state index contributed by atoms with van der Waals surface area (Å²) in [5, 5.41) is 3.13. The second kappa shape index (κ2) is 8.73. The smallest absolute Gasteiger partial charge is 0.224 e. The number of ether oxygens (including phenoxy) is 1. The SMILES string of the molecule is COC(C)c1nc(CN2CCCN(C(=O)CC(C)N)CC2)cs1. The van der Waals surface area contributed by atoms with Crippen LogP contribution in [0.1, 0.15) is 43.5 Å². The van der Waals surface area contributed by atoms with Gasteiger partial charge in [-0.25, -0.2) is 4.98 Å². The van der Waals surface area contributed by atoms with Crippen molar-refractivity contribution in [2.45, 2.75) is 45.4 Å². The van der Waals surface area contributed by atoms with Crippen molar-refractivity contribution >= 4 is 17.2 Å². The van der Waals surface area contributed by atoms with Crippen molar-refractivity contribution in [2.75, 3.05) is 33.3 Å². The van der Waals surface area contributed by atoms with Crippen LogP contribution >= 0.6 is 11.3 Å². The maximum Gasteiger partial charge on any atom is 0.224 e. The average Bonchev–Trinajstić information content (AvgIpc) is 2.84. The van der Waals surface area contributed by atoms with Gasteiger partial charge < -0.3 is 15.4 Å². The molecule has 130 valence electrons. The molecule has 0 spiro atoms. The molecule has 1 aliphatic heterocycles. The van der Waals surface area contributed by atoms with E-state index in [1.807, 2.05) is 18.7 Å². The van der Waals surface area contributed by atoms with Gasteiger partial charge in [0, 0.05) is 57.7 Å². The van der Waals surface area contributed by atoms with Crippen LogP contribution < -0.4 is 5.73 Å². The lowest BCUT2D eigenvalue weighted by atomic mass is 10.2. The standard InChI is InChI=1S/C16H28N4O2S/c1-12(17)9-15(21)20-6-4-5-19(7-8-20)10-14-11-23-16(18-14)13(2)22-3/h11-13H,4-10,17H2,1-3H3. The van der Waals surface area contributed by atoms with E-state index in [1.165, 1.54) is 0 Å². The van der Waals surface area contributed by atoms with Crippen LogP contribution in [-0.4, -0.2) is 60.0 Å². The molecule has 0 saturated carbocycles. The van der Waals surface area contributed by atoms with E-state index in [2.05, 4.69) is 15.3 Å². The summed E-state index contributed by atoms with van der Waals surface area (Å²) in [6.45, 7) is 8.20. The van der Waals surface area contributed by atoms with Gasteiger partial charge in [0.25, 0.3) is 0 Å². The minimum atomic E-state index is -0.0712. The zero-order chi connectivity index (χ0) is 16.8. The molecule has 1 aromatic heterocycles. The van der Waals surface area contributed by atoms with Crippen LogP contribution in [0.2, 0.25) is 0 Å². The third-order valence-electron chi connectivity index (χ3n) is 4.09. The molecule has 0 bridgehead atoms. The Bertz CT molecular complexity index is 506. The Kier molecular flexibility index (Phi) is 6.95. The van der Waals surface area contributed by atoms with E-state index in [-0.39, 0.29) is 18.1 Å². The van der Waals surface area contributed by atoms with Crippen molar-refractivity contribution in [1.29, 1.82) is 0 Å². The Labute approximate surface area is 142 Å². The molecule has 0 aromatic carbocycles. The number of hydrogen-bond donors (Lipinski definition) is 1. The van der Waals surface area contributed by atoms with E-state index in [9.17, 15) is 4.79 Å². The maximum atomic E-state index is 12.1. The van der Waals surface area contributed by atoms with E-state index in [0.717, 1.165) is 49.8 Å². The highest BCUT2D eigenvalue weighted by molar-refractivity contribution is 7.09. The van der Waals surface area contributed by atoms with Crippen LogP contribution in [-0.2, 0) is 16.1 Å². The number of methoxy groups -OCH3 is 1. The lowest BCUT2D eigenvalue weighted by molar-refractivity contribution is -0.131. The molecule has 0 aliphatic carbocycles. The molecule has 1 aliphatic rings. The zero-order valence-corrected chi connectivity index (χ0v) is 15.1. The molecule has 1 amide bonds. The van der Waals surface area contributed by atoms with Gasteiger partial charge in [-0.15, -0.1) is 11.3 Å². The van der Waals surface area contributed by atoms with Crippen molar-refractivity contribution in [2.24, 2.45) is 5.73 Å². The highest BCUT2D eigenvalue weighted by Gasteiger charge is 2.20. The Morgan fingerprint density at radius 3 is 2.87 bits per heavy atom. The van der Waals surface area contributed by atoms with Crippen LogP contribution in [0.15, 0.2) is 5.38 Å². The number of rotatable bonds is 6. The number of carbonyl (C=O) groups excluding carboxylic acids is 1. The van der Waals surface area contributed by atoms with Crippen molar-refractivity contribution in [3.8, 4) is 0 Å². The maximum absolute atomic E-state index is 12.1. The molecule has 7 heteroatoms. The highest BCUT2D eigenvalue weighted by atomic mass is 32.1. The quantitative estimate of drug-likeness (QED) is 0.852. The predicted octanol–water partition coefficient (Wildman–Crippen LogP) is 1.62. The molecule has 1 aromatic rings. The molecular formula is C16H28N4O2S. The first-order valence-electron chi connectivity index (χ1n) is 8.22. The van der Waals surface area contributed by atoms with Gasteiger partial charge >= 0.3 is 0 Å². The second-order valence-corrected chi connectivity index (χ2v) is 7.14. The summed E-state index contributed by atoms with van der Waals surface area (Å²) in [6.07, 6.45) is 1.48. The first kappa shape index (κ1) is 18.3. The molecule has 2 N–H and O–H groups in total. The monoisotopic (exact) mass is 340 g/mol. The Balaban J connectivity index is 1.86. The summed E-state index contributed by atoms with van der Waals surface area (Å²) < 4.78 is 5.31. The molecule has 23 heavy (non-hydrogen) atoms. The van der Waals surface area contributed by atoms with Gasteiger partial charge in [-0.1, -0.05) is 0 Å². The van der Waals surface area contributed by atoms with Crippen LogP contribution in [0.5, 0.6) is 0 Å². The van der Waals surface area contributed by atoms with Crippen LogP contribution in [0.25, 0.3) is 0 Å². The molecule has 0 radical (unpaired) electrons. The highest BCUT2D eigenvalue weighted by Crippen LogP contribution is 2.21. The van der Waals surface area contributed by atoms with Gasteiger partial charge in [0.2, 0.25) is 5.91 Å². The molecule has 2 unspecified atom stereocenters. The van der Waals surface area contributed by atoms with E-state index in [0.29, 0.717) is 6.42 Å². The first-order valence-corrected chi connectivity index (χ1v) is 9.10. The summed E-state index contributed by atoms with van der Waals surface area (Å²) in [5.74, 6) is 0.173. The first-order chi connectivity index (χ1) is 11.0. The molecule has 2 rings (SSSR count).